The standard InChI is InChI=1S/C17H18BrNO2S/c1-10-13-14(22-15(10)18)17(2,3)19(16(13)20)9-11-5-7-12(21-4)8-6-11/h5-8H,9H2,1-4H3. The lowest BCUT2D eigenvalue weighted by molar-refractivity contribution is 0.0598. The molecular formula is C17H18BrNO2S. The van der Waals surface area contributed by atoms with Crippen molar-refractivity contribution in [3.05, 3.63) is 49.6 Å². The molecule has 0 bridgehead atoms. The van der Waals surface area contributed by atoms with E-state index < -0.39 is 0 Å². The minimum absolute atomic E-state index is 0.121. The predicted octanol–water partition coefficient (Wildman–Crippen LogP) is 4.72. The van der Waals surface area contributed by atoms with Crippen LogP contribution in [0.3, 0.4) is 0 Å². The van der Waals surface area contributed by atoms with E-state index in [0.717, 1.165) is 31.1 Å². The number of hydrogen-bond acceptors (Lipinski definition) is 3. The highest BCUT2D eigenvalue weighted by atomic mass is 79.9. The van der Waals surface area contributed by atoms with Crippen molar-refractivity contribution in [1.82, 2.24) is 4.90 Å². The maximum absolute atomic E-state index is 12.9. The summed E-state index contributed by atoms with van der Waals surface area (Å²) in [4.78, 5) is 16.0. The third-order valence-corrected chi connectivity index (χ3v) is 6.75. The Morgan fingerprint density at radius 1 is 1.27 bits per heavy atom. The number of carbonyl (C=O) groups excluding carboxylic acids is 1. The molecule has 0 radical (unpaired) electrons. The van der Waals surface area contributed by atoms with Crippen molar-refractivity contribution >= 4 is 33.2 Å². The van der Waals surface area contributed by atoms with Crippen molar-refractivity contribution < 1.29 is 9.53 Å². The number of methoxy groups -OCH3 is 1. The molecule has 0 saturated carbocycles. The van der Waals surface area contributed by atoms with Gasteiger partial charge < -0.3 is 9.64 Å². The number of ether oxygens (including phenoxy) is 1. The summed E-state index contributed by atoms with van der Waals surface area (Å²) in [6.07, 6.45) is 0. The van der Waals surface area contributed by atoms with Crippen LogP contribution in [0.4, 0.5) is 0 Å². The Balaban J connectivity index is 1.93. The second kappa shape index (κ2) is 5.39. The minimum atomic E-state index is -0.284. The van der Waals surface area contributed by atoms with Gasteiger partial charge in [-0.25, -0.2) is 0 Å². The fourth-order valence-electron chi connectivity index (χ4n) is 2.87. The van der Waals surface area contributed by atoms with E-state index in [4.69, 9.17) is 4.74 Å². The van der Waals surface area contributed by atoms with E-state index in [1.807, 2.05) is 36.1 Å². The van der Waals surface area contributed by atoms with Crippen LogP contribution in [0.15, 0.2) is 28.1 Å². The number of fused-ring (bicyclic) bond motifs is 1. The Bertz CT molecular complexity index is 734. The zero-order valence-electron chi connectivity index (χ0n) is 13.1. The van der Waals surface area contributed by atoms with Crippen molar-refractivity contribution in [2.45, 2.75) is 32.9 Å². The third-order valence-electron chi connectivity index (χ3n) is 4.28. The quantitative estimate of drug-likeness (QED) is 0.771. The first-order valence-electron chi connectivity index (χ1n) is 7.10. The molecule has 116 valence electrons. The smallest absolute Gasteiger partial charge is 0.256 e. The van der Waals surface area contributed by atoms with Gasteiger partial charge in [0.25, 0.3) is 5.91 Å². The van der Waals surface area contributed by atoms with Gasteiger partial charge in [0.05, 0.1) is 22.0 Å². The van der Waals surface area contributed by atoms with Crippen molar-refractivity contribution in [3.8, 4) is 5.75 Å². The number of carbonyl (C=O) groups is 1. The number of amides is 1. The Labute approximate surface area is 143 Å². The van der Waals surface area contributed by atoms with Gasteiger partial charge >= 0.3 is 0 Å². The molecule has 0 saturated heterocycles. The first-order chi connectivity index (χ1) is 10.4. The molecule has 2 heterocycles. The van der Waals surface area contributed by atoms with Crippen LogP contribution in [0.25, 0.3) is 0 Å². The Hall–Kier alpha value is -1.33. The summed E-state index contributed by atoms with van der Waals surface area (Å²) < 4.78 is 6.24. The van der Waals surface area contributed by atoms with Crippen LogP contribution in [0.1, 0.15) is 40.2 Å². The Morgan fingerprint density at radius 2 is 1.91 bits per heavy atom. The molecule has 3 rings (SSSR count). The molecule has 1 aromatic carbocycles. The second-order valence-electron chi connectivity index (χ2n) is 6.00. The topological polar surface area (TPSA) is 29.5 Å². The van der Waals surface area contributed by atoms with Crippen molar-refractivity contribution in [2.75, 3.05) is 7.11 Å². The van der Waals surface area contributed by atoms with Crippen molar-refractivity contribution in [3.63, 3.8) is 0 Å². The number of halogens is 1. The zero-order valence-corrected chi connectivity index (χ0v) is 15.5. The maximum atomic E-state index is 12.9. The number of hydrogen-bond donors (Lipinski definition) is 0. The second-order valence-corrected chi connectivity index (χ2v) is 8.34. The van der Waals surface area contributed by atoms with Gasteiger partial charge in [0.2, 0.25) is 0 Å². The first kappa shape index (κ1) is 15.6. The van der Waals surface area contributed by atoms with Crippen LogP contribution in [0.5, 0.6) is 5.75 Å². The van der Waals surface area contributed by atoms with Gasteiger partial charge in [-0.3, -0.25) is 4.79 Å². The fourth-order valence-corrected chi connectivity index (χ4v) is 4.69. The van der Waals surface area contributed by atoms with Crippen LogP contribution in [0.2, 0.25) is 0 Å². The van der Waals surface area contributed by atoms with E-state index in [9.17, 15) is 4.79 Å². The van der Waals surface area contributed by atoms with Gasteiger partial charge in [0.15, 0.2) is 0 Å². The molecule has 1 amide bonds. The molecule has 2 aromatic rings. The third kappa shape index (κ3) is 2.27. The normalized spacial score (nSPS) is 16.0. The summed E-state index contributed by atoms with van der Waals surface area (Å²) in [5, 5.41) is 0. The highest BCUT2D eigenvalue weighted by Crippen LogP contribution is 2.48. The Morgan fingerprint density at radius 3 is 2.45 bits per heavy atom. The molecule has 22 heavy (non-hydrogen) atoms. The molecule has 1 aromatic heterocycles. The van der Waals surface area contributed by atoms with Gasteiger partial charge in [0, 0.05) is 11.4 Å². The number of rotatable bonds is 3. The summed E-state index contributed by atoms with van der Waals surface area (Å²) in [7, 11) is 1.65. The minimum Gasteiger partial charge on any atom is -0.497 e. The average molecular weight is 380 g/mol. The lowest BCUT2D eigenvalue weighted by atomic mass is 10.0. The molecule has 5 heteroatoms. The fraction of sp³-hybridized carbons (Fsp3) is 0.353. The van der Waals surface area contributed by atoms with Gasteiger partial charge in [0.1, 0.15) is 5.75 Å². The SMILES string of the molecule is COc1ccc(CN2C(=O)c3c(sc(Br)c3C)C2(C)C)cc1. The Kier molecular flexibility index (Phi) is 3.81. The van der Waals surface area contributed by atoms with Crippen LogP contribution in [0, 0.1) is 6.92 Å². The lowest BCUT2D eigenvalue weighted by Crippen LogP contribution is -2.38. The lowest BCUT2D eigenvalue weighted by Gasteiger charge is -2.32. The molecule has 1 aliphatic rings. The van der Waals surface area contributed by atoms with Gasteiger partial charge in [-0.15, -0.1) is 11.3 Å². The first-order valence-corrected chi connectivity index (χ1v) is 8.71. The zero-order chi connectivity index (χ0) is 16.1. The van der Waals surface area contributed by atoms with Gasteiger partial charge in [-0.2, -0.15) is 0 Å². The average Bonchev–Trinajstić information content (AvgIpc) is 2.89. The molecular weight excluding hydrogens is 362 g/mol. The monoisotopic (exact) mass is 379 g/mol. The summed E-state index contributed by atoms with van der Waals surface area (Å²) >= 11 is 5.23. The van der Waals surface area contributed by atoms with Crippen LogP contribution in [-0.4, -0.2) is 17.9 Å². The number of nitrogens with zero attached hydrogens (tertiary/aromatic N) is 1. The summed E-state index contributed by atoms with van der Waals surface area (Å²) in [6, 6.07) is 7.88. The van der Waals surface area contributed by atoms with E-state index in [2.05, 4.69) is 29.8 Å². The van der Waals surface area contributed by atoms with E-state index >= 15 is 0 Å². The van der Waals surface area contributed by atoms with Crippen molar-refractivity contribution in [1.29, 1.82) is 0 Å². The largest absolute Gasteiger partial charge is 0.497 e. The van der Waals surface area contributed by atoms with E-state index in [1.54, 1.807) is 18.4 Å². The molecule has 0 fully saturated rings. The highest BCUT2D eigenvalue weighted by molar-refractivity contribution is 9.11. The molecule has 0 atom stereocenters. The van der Waals surface area contributed by atoms with Crippen LogP contribution >= 0.6 is 27.3 Å². The molecule has 0 unspecified atom stereocenters. The van der Waals surface area contributed by atoms with E-state index in [-0.39, 0.29) is 11.4 Å². The summed E-state index contributed by atoms with van der Waals surface area (Å²) in [5.41, 5.74) is 2.74. The molecule has 0 aliphatic carbocycles. The molecule has 3 nitrogen and oxygen atoms in total. The predicted molar refractivity (Wildman–Crippen MR) is 92.6 cm³/mol. The molecule has 1 aliphatic heterocycles. The van der Waals surface area contributed by atoms with E-state index in [1.165, 1.54) is 0 Å². The van der Waals surface area contributed by atoms with Crippen LogP contribution in [-0.2, 0) is 12.1 Å². The van der Waals surface area contributed by atoms with E-state index in [0.29, 0.717) is 6.54 Å². The van der Waals surface area contributed by atoms with Crippen molar-refractivity contribution in [2.24, 2.45) is 0 Å². The maximum Gasteiger partial charge on any atom is 0.256 e. The van der Waals surface area contributed by atoms with Crippen LogP contribution < -0.4 is 4.74 Å². The highest BCUT2D eigenvalue weighted by Gasteiger charge is 2.45. The molecule has 0 spiro atoms. The summed E-state index contributed by atoms with van der Waals surface area (Å²) in [5.74, 6) is 0.949. The summed E-state index contributed by atoms with van der Waals surface area (Å²) in [6.45, 7) is 6.84. The van der Waals surface area contributed by atoms with Gasteiger partial charge in [-0.1, -0.05) is 12.1 Å². The number of benzene rings is 1. The van der Waals surface area contributed by atoms with Gasteiger partial charge in [-0.05, 0) is 60.0 Å². The number of thiophene rings is 1. The molecule has 0 N–H and O–H groups in total.